The summed E-state index contributed by atoms with van der Waals surface area (Å²) in [4.78, 5) is 10.2. The minimum Gasteiger partial charge on any atom is -0.369 e. The maximum atomic E-state index is 8.72. The lowest BCUT2D eigenvalue weighted by Crippen LogP contribution is -2.21. The lowest BCUT2D eigenvalue weighted by Gasteiger charge is -2.10. The van der Waals surface area contributed by atoms with Crippen molar-refractivity contribution in [2.24, 2.45) is 0 Å². The highest BCUT2D eigenvalue weighted by Crippen LogP contribution is 2.04. The molecule has 1 rings (SSSR count). The van der Waals surface area contributed by atoms with Crippen molar-refractivity contribution in [3.63, 3.8) is 0 Å². The second kappa shape index (κ2) is 5.27. The second-order valence-electron chi connectivity index (χ2n) is 3.53. The van der Waals surface area contributed by atoms with Gasteiger partial charge in [0.15, 0.2) is 0 Å². The highest BCUT2D eigenvalue weighted by atomic mass is 15.1. The third-order valence-corrected chi connectivity index (χ3v) is 1.82. The number of aryl methyl sites for hydroxylation is 1. The van der Waals surface area contributed by atoms with Gasteiger partial charge in [-0.25, -0.2) is 9.97 Å². The number of anilines is 1. The molecule has 5 nitrogen and oxygen atoms in total. The molecule has 0 aliphatic heterocycles. The largest absolute Gasteiger partial charge is 0.369 e. The zero-order valence-corrected chi connectivity index (χ0v) is 9.28. The van der Waals surface area contributed by atoms with Crippen molar-refractivity contribution in [3.05, 3.63) is 17.6 Å². The maximum absolute atomic E-state index is 8.72. The average molecular weight is 205 g/mol. The molecule has 0 saturated carbocycles. The van der Waals surface area contributed by atoms with E-state index in [0.29, 0.717) is 17.3 Å². The Labute approximate surface area is 89.8 Å². The van der Waals surface area contributed by atoms with Crippen LogP contribution < -0.4 is 5.32 Å². The minimum absolute atomic E-state index is 0.398. The van der Waals surface area contributed by atoms with E-state index in [1.807, 2.05) is 20.2 Å². The molecule has 1 aromatic rings. The van der Waals surface area contributed by atoms with Gasteiger partial charge in [-0.1, -0.05) is 0 Å². The Bertz CT molecular complexity index is 367. The van der Waals surface area contributed by atoms with Crippen LogP contribution in [0.15, 0.2) is 6.07 Å². The van der Waals surface area contributed by atoms with E-state index in [9.17, 15) is 0 Å². The van der Waals surface area contributed by atoms with Gasteiger partial charge in [-0.15, -0.1) is 0 Å². The molecule has 80 valence electrons. The van der Waals surface area contributed by atoms with Crippen LogP contribution in [0.5, 0.6) is 0 Å². The van der Waals surface area contributed by atoms with Crippen LogP contribution in [0.4, 0.5) is 5.82 Å². The summed E-state index contributed by atoms with van der Waals surface area (Å²) in [5, 5.41) is 11.9. The fraction of sp³-hybridized carbons (Fsp3) is 0.500. The number of nitrogens with one attached hydrogen (secondary N) is 1. The summed E-state index contributed by atoms with van der Waals surface area (Å²) in [5.74, 6) is 1.32. The number of likely N-dealkylation sites (N-methyl/N-ethyl adjacent to an activating group) is 1. The Kier molecular flexibility index (Phi) is 4.01. The van der Waals surface area contributed by atoms with Crippen molar-refractivity contribution in [3.8, 4) is 6.07 Å². The van der Waals surface area contributed by atoms with Crippen LogP contribution in [0, 0.1) is 18.3 Å². The summed E-state index contributed by atoms with van der Waals surface area (Å²) < 4.78 is 0. The third kappa shape index (κ3) is 3.92. The average Bonchev–Trinajstić information content (AvgIpc) is 2.16. The minimum atomic E-state index is 0.398. The molecular formula is C10H15N5. The fourth-order valence-electron chi connectivity index (χ4n) is 1.12. The summed E-state index contributed by atoms with van der Waals surface area (Å²) in [6, 6.07) is 3.66. The Balaban J connectivity index is 2.61. The highest BCUT2D eigenvalue weighted by Gasteiger charge is 2.00. The number of nitrogens with zero attached hydrogens (tertiary/aromatic N) is 4. The number of aromatic nitrogens is 2. The lowest BCUT2D eigenvalue weighted by molar-refractivity contribution is 0.425. The molecule has 0 amide bonds. The van der Waals surface area contributed by atoms with Gasteiger partial charge in [0.25, 0.3) is 0 Å². The van der Waals surface area contributed by atoms with Crippen LogP contribution in [0.3, 0.4) is 0 Å². The summed E-state index contributed by atoms with van der Waals surface area (Å²) in [6.45, 7) is 3.50. The molecule has 0 aromatic carbocycles. The Morgan fingerprint density at radius 2 is 2.20 bits per heavy atom. The van der Waals surface area contributed by atoms with Crippen LogP contribution in [0.2, 0.25) is 0 Å². The van der Waals surface area contributed by atoms with Gasteiger partial charge in [-0.3, -0.25) is 0 Å². The lowest BCUT2D eigenvalue weighted by atomic mass is 10.4. The summed E-state index contributed by atoms with van der Waals surface area (Å²) in [6.07, 6.45) is 0. The zero-order chi connectivity index (χ0) is 11.3. The van der Waals surface area contributed by atoms with Crippen molar-refractivity contribution in [1.29, 1.82) is 5.26 Å². The van der Waals surface area contributed by atoms with E-state index in [4.69, 9.17) is 5.26 Å². The fourth-order valence-corrected chi connectivity index (χ4v) is 1.12. The van der Waals surface area contributed by atoms with Crippen LogP contribution in [-0.4, -0.2) is 42.1 Å². The molecule has 0 spiro atoms. The van der Waals surface area contributed by atoms with E-state index in [1.54, 1.807) is 13.0 Å². The van der Waals surface area contributed by atoms with E-state index in [1.165, 1.54) is 0 Å². The van der Waals surface area contributed by atoms with Gasteiger partial charge >= 0.3 is 0 Å². The highest BCUT2D eigenvalue weighted by molar-refractivity contribution is 5.39. The van der Waals surface area contributed by atoms with Gasteiger partial charge in [-0.05, 0) is 21.0 Å². The van der Waals surface area contributed by atoms with E-state index in [0.717, 1.165) is 13.1 Å². The van der Waals surface area contributed by atoms with Crippen LogP contribution in [-0.2, 0) is 0 Å². The molecule has 0 aliphatic carbocycles. The van der Waals surface area contributed by atoms with Crippen LogP contribution in [0.1, 0.15) is 11.5 Å². The smallest absolute Gasteiger partial charge is 0.146 e. The van der Waals surface area contributed by atoms with Crippen molar-refractivity contribution in [2.45, 2.75) is 6.92 Å². The normalized spacial score (nSPS) is 10.1. The predicted octanol–water partition coefficient (Wildman–Crippen LogP) is 0.630. The SMILES string of the molecule is Cc1nc(C#N)cc(NCCN(C)C)n1. The number of hydrogen-bond acceptors (Lipinski definition) is 5. The molecule has 0 atom stereocenters. The molecule has 0 aliphatic rings. The topological polar surface area (TPSA) is 64.8 Å². The second-order valence-corrected chi connectivity index (χ2v) is 3.53. The zero-order valence-electron chi connectivity index (χ0n) is 9.28. The predicted molar refractivity (Wildman–Crippen MR) is 58.5 cm³/mol. The van der Waals surface area contributed by atoms with Crippen molar-refractivity contribution in [2.75, 3.05) is 32.5 Å². The molecule has 0 fully saturated rings. The van der Waals surface area contributed by atoms with Crippen molar-refractivity contribution < 1.29 is 0 Å². The van der Waals surface area contributed by atoms with E-state index in [-0.39, 0.29) is 0 Å². The molecule has 0 saturated heterocycles. The third-order valence-electron chi connectivity index (χ3n) is 1.82. The van der Waals surface area contributed by atoms with Gasteiger partial charge in [0.2, 0.25) is 0 Å². The number of nitriles is 1. The molecule has 0 radical (unpaired) electrons. The molecule has 1 aromatic heterocycles. The van der Waals surface area contributed by atoms with Crippen LogP contribution in [0.25, 0.3) is 0 Å². The Hall–Kier alpha value is -1.67. The first-order valence-corrected chi connectivity index (χ1v) is 4.76. The summed E-state index contributed by atoms with van der Waals surface area (Å²) >= 11 is 0. The Morgan fingerprint density at radius 1 is 1.47 bits per heavy atom. The number of hydrogen-bond donors (Lipinski definition) is 1. The van der Waals surface area contributed by atoms with Crippen molar-refractivity contribution in [1.82, 2.24) is 14.9 Å². The van der Waals surface area contributed by atoms with Gasteiger partial charge in [-0.2, -0.15) is 5.26 Å². The Morgan fingerprint density at radius 3 is 2.80 bits per heavy atom. The van der Waals surface area contributed by atoms with E-state index >= 15 is 0 Å². The first-order valence-electron chi connectivity index (χ1n) is 4.76. The van der Waals surface area contributed by atoms with E-state index in [2.05, 4.69) is 20.2 Å². The van der Waals surface area contributed by atoms with Gasteiger partial charge in [0.05, 0.1) is 0 Å². The molecule has 1 heterocycles. The molecule has 0 bridgehead atoms. The standard InChI is InChI=1S/C10H15N5/c1-8-13-9(7-11)6-10(14-8)12-4-5-15(2)3/h6H,4-5H2,1-3H3,(H,12,13,14). The molecule has 5 heteroatoms. The van der Waals surface area contributed by atoms with Gasteiger partial charge < -0.3 is 10.2 Å². The van der Waals surface area contributed by atoms with Gasteiger partial charge in [0, 0.05) is 19.2 Å². The maximum Gasteiger partial charge on any atom is 0.146 e. The van der Waals surface area contributed by atoms with Crippen molar-refractivity contribution >= 4 is 5.82 Å². The van der Waals surface area contributed by atoms with Gasteiger partial charge in [0.1, 0.15) is 23.4 Å². The first-order chi connectivity index (χ1) is 7.11. The molecular weight excluding hydrogens is 190 g/mol. The molecule has 1 N–H and O–H groups in total. The summed E-state index contributed by atoms with van der Waals surface area (Å²) in [7, 11) is 4.02. The van der Waals surface area contributed by atoms with Crippen LogP contribution >= 0.6 is 0 Å². The van der Waals surface area contributed by atoms with E-state index < -0.39 is 0 Å². The monoisotopic (exact) mass is 205 g/mol. The first kappa shape index (κ1) is 11.4. The molecule has 0 unspecified atom stereocenters. The summed E-state index contributed by atoms with van der Waals surface area (Å²) in [5.41, 5.74) is 0.398. The quantitative estimate of drug-likeness (QED) is 0.781. The number of rotatable bonds is 4. The molecule has 15 heavy (non-hydrogen) atoms.